The molecule has 1 aliphatic heterocycles. The third kappa shape index (κ3) is 4.27. The van der Waals surface area contributed by atoms with E-state index < -0.39 is 10.8 Å². The summed E-state index contributed by atoms with van der Waals surface area (Å²) in [4.78, 5) is 18.2. The molecule has 1 N–H and O–H groups in total. The van der Waals surface area contributed by atoms with E-state index in [0.717, 1.165) is 30.0 Å². The largest absolute Gasteiger partial charge is 0.382 e. The van der Waals surface area contributed by atoms with Gasteiger partial charge in [-0.15, -0.1) is 0 Å². The number of amides is 1. The summed E-state index contributed by atoms with van der Waals surface area (Å²) in [5.41, 5.74) is 1.39. The van der Waals surface area contributed by atoms with E-state index >= 15 is 0 Å². The Balaban J connectivity index is 2.03. The van der Waals surface area contributed by atoms with E-state index in [4.69, 9.17) is 0 Å². The first kappa shape index (κ1) is 15.9. The molecule has 0 unspecified atom stereocenters. The third-order valence-electron chi connectivity index (χ3n) is 3.79. The van der Waals surface area contributed by atoms with Gasteiger partial charge in [-0.2, -0.15) is 0 Å². The highest BCUT2D eigenvalue weighted by molar-refractivity contribution is 7.85. The summed E-state index contributed by atoms with van der Waals surface area (Å²) >= 11 is 0. The number of aromatic nitrogens is 1. The highest BCUT2D eigenvalue weighted by Crippen LogP contribution is 2.17. The molecule has 0 aromatic carbocycles. The van der Waals surface area contributed by atoms with Crippen molar-refractivity contribution in [3.8, 4) is 0 Å². The van der Waals surface area contributed by atoms with Gasteiger partial charge in [-0.1, -0.05) is 0 Å². The quantitative estimate of drug-likeness (QED) is 0.902. The van der Waals surface area contributed by atoms with Gasteiger partial charge in [-0.3, -0.25) is 14.0 Å². The molecule has 1 aromatic heterocycles. The molecule has 0 atom stereocenters. The second kappa shape index (κ2) is 7.54. The highest BCUT2D eigenvalue weighted by atomic mass is 32.2. The fraction of sp³-hybridized carbons (Fsp3) is 0.600. The minimum Gasteiger partial charge on any atom is -0.382 e. The molecule has 0 bridgehead atoms. The van der Waals surface area contributed by atoms with Crippen LogP contribution in [0.1, 0.15) is 37.2 Å². The Hall–Kier alpha value is -1.43. The second-order valence-corrected chi connectivity index (χ2v) is 6.87. The number of nitrogens with one attached hydrogen (secondary N) is 1. The monoisotopic (exact) mass is 309 g/mol. The zero-order chi connectivity index (χ0) is 15.2. The molecule has 2 heterocycles. The molecular formula is C15H23N3O2S. The van der Waals surface area contributed by atoms with Crippen LogP contribution in [0.2, 0.25) is 0 Å². The van der Waals surface area contributed by atoms with Crippen LogP contribution in [0.25, 0.3) is 0 Å². The van der Waals surface area contributed by atoms with Crippen LogP contribution < -0.4 is 5.32 Å². The van der Waals surface area contributed by atoms with Crippen LogP contribution in [0.5, 0.6) is 0 Å². The Morgan fingerprint density at radius 3 is 2.67 bits per heavy atom. The number of carbonyl (C=O) groups excluding carboxylic acids is 1. The van der Waals surface area contributed by atoms with Gasteiger partial charge in [-0.25, -0.2) is 0 Å². The maximum atomic E-state index is 12.3. The van der Waals surface area contributed by atoms with Gasteiger partial charge in [-0.05, 0) is 38.8 Å². The van der Waals surface area contributed by atoms with Crippen molar-refractivity contribution in [3.05, 3.63) is 24.0 Å². The molecule has 6 heteroatoms. The summed E-state index contributed by atoms with van der Waals surface area (Å²) in [5, 5.41) is 3.43. The van der Waals surface area contributed by atoms with Crippen LogP contribution in [-0.4, -0.2) is 50.6 Å². The molecule has 116 valence electrons. The molecule has 1 saturated heterocycles. The molecule has 0 aliphatic carbocycles. The Kier molecular flexibility index (Phi) is 5.73. The van der Waals surface area contributed by atoms with Crippen LogP contribution in [0.4, 0.5) is 5.69 Å². The molecule has 1 aliphatic rings. The molecule has 0 saturated carbocycles. The first-order chi connectivity index (χ1) is 10.1. The molecule has 1 fully saturated rings. The summed E-state index contributed by atoms with van der Waals surface area (Å²) in [5.74, 6) is 1.48. The van der Waals surface area contributed by atoms with Crippen molar-refractivity contribution < 1.29 is 9.00 Å². The zero-order valence-electron chi connectivity index (χ0n) is 12.7. The number of hydrogen-bond donors (Lipinski definition) is 1. The molecular weight excluding hydrogens is 286 g/mol. The average molecular weight is 309 g/mol. The van der Waals surface area contributed by atoms with Gasteiger partial charge in [0.05, 0.1) is 0 Å². The molecule has 1 amide bonds. The number of anilines is 1. The maximum absolute atomic E-state index is 12.3. The van der Waals surface area contributed by atoms with Gasteiger partial charge >= 0.3 is 0 Å². The van der Waals surface area contributed by atoms with Gasteiger partial charge in [0.2, 0.25) is 0 Å². The van der Waals surface area contributed by atoms with E-state index in [1.807, 2.05) is 26.0 Å². The summed E-state index contributed by atoms with van der Waals surface area (Å²) in [7, 11) is -0.652. The minimum absolute atomic E-state index is 0.0339. The Labute approximate surface area is 128 Å². The van der Waals surface area contributed by atoms with E-state index in [0.29, 0.717) is 24.8 Å². The maximum Gasteiger partial charge on any atom is 0.272 e. The van der Waals surface area contributed by atoms with E-state index in [9.17, 15) is 9.00 Å². The number of hydrogen-bond acceptors (Lipinski definition) is 4. The summed E-state index contributed by atoms with van der Waals surface area (Å²) < 4.78 is 11.4. The highest BCUT2D eigenvalue weighted by Gasteiger charge is 2.19. The van der Waals surface area contributed by atoms with Gasteiger partial charge in [0, 0.05) is 53.3 Å². The van der Waals surface area contributed by atoms with Crippen molar-refractivity contribution in [1.29, 1.82) is 0 Å². The standard InChI is InChI=1S/C15H23N3O2S/c1-3-18(4-2)15(19)14-11-13(5-8-16-14)17-12-6-9-21(20)10-7-12/h5,8,11-12H,3-4,6-7,9-10H2,1-2H3,(H,16,17). The van der Waals surface area contributed by atoms with Crippen molar-refractivity contribution in [2.24, 2.45) is 0 Å². The Morgan fingerprint density at radius 1 is 1.38 bits per heavy atom. The van der Waals surface area contributed by atoms with E-state index in [1.165, 1.54) is 0 Å². The Bertz CT molecular complexity index is 507. The van der Waals surface area contributed by atoms with Gasteiger partial charge < -0.3 is 10.2 Å². The SMILES string of the molecule is CCN(CC)C(=O)c1cc(NC2CCS(=O)CC2)ccn1. The topological polar surface area (TPSA) is 62.3 Å². The first-order valence-corrected chi connectivity index (χ1v) is 8.99. The third-order valence-corrected chi connectivity index (χ3v) is 5.17. The lowest BCUT2D eigenvalue weighted by Crippen LogP contribution is -2.31. The van der Waals surface area contributed by atoms with E-state index in [2.05, 4.69) is 10.3 Å². The van der Waals surface area contributed by atoms with Crippen molar-refractivity contribution in [2.45, 2.75) is 32.7 Å². The summed E-state index contributed by atoms with van der Waals surface area (Å²) in [6.45, 7) is 5.30. The molecule has 2 rings (SSSR count). The number of carbonyl (C=O) groups is 1. The fourth-order valence-electron chi connectivity index (χ4n) is 2.48. The first-order valence-electron chi connectivity index (χ1n) is 7.50. The number of rotatable bonds is 5. The predicted molar refractivity (Wildman–Crippen MR) is 86.0 cm³/mol. The van der Waals surface area contributed by atoms with E-state index in [1.54, 1.807) is 11.1 Å². The van der Waals surface area contributed by atoms with Gasteiger partial charge in [0.1, 0.15) is 5.69 Å². The normalized spacial score (nSPS) is 21.8. The van der Waals surface area contributed by atoms with Gasteiger partial charge in [0.25, 0.3) is 5.91 Å². The zero-order valence-corrected chi connectivity index (χ0v) is 13.5. The lowest BCUT2D eigenvalue weighted by Gasteiger charge is -2.24. The minimum atomic E-state index is -0.652. The fourth-order valence-corrected chi connectivity index (χ4v) is 3.78. The molecule has 5 nitrogen and oxygen atoms in total. The lowest BCUT2D eigenvalue weighted by molar-refractivity contribution is 0.0767. The van der Waals surface area contributed by atoms with Crippen LogP contribution in [-0.2, 0) is 10.8 Å². The van der Waals surface area contributed by atoms with Crippen LogP contribution in [0.3, 0.4) is 0 Å². The van der Waals surface area contributed by atoms with Crippen molar-refractivity contribution in [2.75, 3.05) is 29.9 Å². The van der Waals surface area contributed by atoms with Crippen molar-refractivity contribution in [3.63, 3.8) is 0 Å². The summed E-state index contributed by atoms with van der Waals surface area (Å²) in [6.07, 6.45) is 3.49. The van der Waals surface area contributed by atoms with E-state index in [-0.39, 0.29) is 5.91 Å². The molecule has 1 aromatic rings. The van der Waals surface area contributed by atoms with Crippen LogP contribution >= 0.6 is 0 Å². The summed E-state index contributed by atoms with van der Waals surface area (Å²) in [6, 6.07) is 4.03. The lowest BCUT2D eigenvalue weighted by atomic mass is 10.1. The molecule has 21 heavy (non-hydrogen) atoms. The number of nitrogens with zero attached hydrogens (tertiary/aromatic N) is 2. The average Bonchev–Trinajstić information content (AvgIpc) is 2.51. The second-order valence-electron chi connectivity index (χ2n) is 5.17. The Morgan fingerprint density at radius 2 is 2.05 bits per heavy atom. The number of pyridine rings is 1. The molecule has 0 spiro atoms. The predicted octanol–water partition coefficient (Wildman–Crippen LogP) is 1.89. The van der Waals surface area contributed by atoms with Crippen LogP contribution in [0, 0.1) is 0 Å². The van der Waals surface area contributed by atoms with Gasteiger partial charge in [0.15, 0.2) is 0 Å². The van der Waals surface area contributed by atoms with Crippen molar-refractivity contribution >= 4 is 22.4 Å². The smallest absolute Gasteiger partial charge is 0.272 e. The van der Waals surface area contributed by atoms with Crippen LogP contribution in [0.15, 0.2) is 18.3 Å². The van der Waals surface area contributed by atoms with Crippen molar-refractivity contribution in [1.82, 2.24) is 9.88 Å². The molecule has 0 radical (unpaired) electrons.